The molecule has 0 aromatic carbocycles. The third-order valence-corrected chi connectivity index (χ3v) is 9.72. The van der Waals surface area contributed by atoms with Crippen LogP contribution in [-0.4, -0.2) is 60.2 Å². The van der Waals surface area contributed by atoms with Gasteiger partial charge >= 0.3 is 0 Å². The van der Waals surface area contributed by atoms with Crippen molar-refractivity contribution in [2.24, 2.45) is 5.11 Å². The summed E-state index contributed by atoms with van der Waals surface area (Å²) in [6, 6.07) is 0. The standard InChI is InChI=1S/C15H31N3O6SSi/c1-14(2,3)26(7,8)21-10-12(24-25(6,19)20)13-11(9-17-18-16)22-15(4,5)23-13/h11-13H,9-10H2,1-8H3/t11-,12-,13-/m1/s1. The molecule has 0 aromatic heterocycles. The van der Waals surface area contributed by atoms with Crippen molar-refractivity contribution < 1.29 is 26.5 Å². The van der Waals surface area contributed by atoms with Gasteiger partial charge in [0.2, 0.25) is 0 Å². The van der Waals surface area contributed by atoms with Crippen LogP contribution in [-0.2, 0) is 28.2 Å². The fourth-order valence-corrected chi connectivity index (χ4v) is 3.97. The predicted molar refractivity (Wildman–Crippen MR) is 101 cm³/mol. The Morgan fingerprint density at radius 2 is 1.88 bits per heavy atom. The molecule has 0 unspecified atom stereocenters. The van der Waals surface area contributed by atoms with E-state index < -0.39 is 42.5 Å². The Kier molecular flexibility index (Phi) is 7.31. The van der Waals surface area contributed by atoms with E-state index in [1.165, 1.54) is 0 Å². The van der Waals surface area contributed by atoms with Crippen LogP contribution >= 0.6 is 0 Å². The number of nitrogens with zero attached hydrogens (tertiary/aromatic N) is 3. The lowest BCUT2D eigenvalue weighted by atomic mass is 10.1. The number of azide groups is 1. The second-order valence-corrected chi connectivity index (χ2v) is 14.9. The highest BCUT2D eigenvalue weighted by Crippen LogP contribution is 2.38. The molecule has 1 rings (SSSR count). The maximum Gasteiger partial charge on any atom is 0.264 e. The van der Waals surface area contributed by atoms with Crippen LogP contribution in [0.3, 0.4) is 0 Å². The highest BCUT2D eigenvalue weighted by Gasteiger charge is 2.47. The number of rotatable bonds is 8. The third kappa shape index (κ3) is 6.80. The maximum absolute atomic E-state index is 11.8. The Morgan fingerprint density at radius 1 is 1.31 bits per heavy atom. The van der Waals surface area contributed by atoms with Crippen molar-refractivity contribution >= 4 is 18.4 Å². The highest BCUT2D eigenvalue weighted by atomic mass is 32.2. The first-order valence-electron chi connectivity index (χ1n) is 8.47. The molecule has 1 heterocycles. The molecule has 0 N–H and O–H groups in total. The molecule has 0 amide bonds. The van der Waals surface area contributed by atoms with Crippen molar-refractivity contribution in [2.45, 2.75) is 76.8 Å². The second kappa shape index (κ2) is 8.13. The molecule has 1 fully saturated rings. The lowest BCUT2D eigenvalue weighted by Crippen LogP contribution is -2.48. The Labute approximate surface area is 157 Å². The topological polar surface area (TPSA) is 120 Å². The molecule has 152 valence electrons. The van der Waals surface area contributed by atoms with Gasteiger partial charge in [0.05, 0.1) is 25.5 Å². The van der Waals surface area contributed by atoms with Crippen molar-refractivity contribution in [1.82, 2.24) is 0 Å². The molecule has 0 bridgehead atoms. The van der Waals surface area contributed by atoms with E-state index in [2.05, 4.69) is 43.9 Å². The van der Waals surface area contributed by atoms with Crippen LogP contribution < -0.4 is 0 Å². The Morgan fingerprint density at radius 3 is 2.35 bits per heavy atom. The second-order valence-electron chi connectivity index (χ2n) is 8.46. The van der Waals surface area contributed by atoms with E-state index in [0.717, 1.165) is 6.26 Å². The molecule has 0 aliphatic carbocycles. The number of ether oxygens (including phenoxy) is 2. The van der Waals surface area contributed by atoms with Gasteiger partial charge in [-0.05, 0) is 37.5 Å². The molecule has 1 aliphatic heterocycles. The van der Waals surface area contributed by atoms with Gasteiger partial charge in [0.15, 0.2) is 14.1 Å². The van der Waals surface area contributed by atoms with Crippen molar-refractivity contribution in [1.29, 1.82) is 0 Å². The van der Waals surface area contributed by atoms with E-state index in [1.54, 1.807) is 13.8 Å². The largest absolute Gasteiger partial charge is 0.414 e. The van der Waals surface area contributed by atoms with E-state index in [1.807, 2.05) is 0 Å². The van der Waals surface area contributed by atoms with Crippen LogP contribution in [0.4, 0.5) is 0 Å². The van der Waals surface area contributed by atoms with Gasteiger partial charge in [-0.3, -0.25) is 4.18 Å². The molecule has 1 aliphatic rings. The van der Waals surface area contributed by atoms with E-state index in [9.17, 15) is 8.42 Å². The van der Waals surface area contributed by atoms with Crippen molar-refractivity contribution in [2.75, 3.05) is 19.4 Å². The smallest absolute Gasteiger partial charge is 0.264 e. The van der Waals surface area contributed by atoms with Crippen molar-refractivity contribution in [3.8, 4) is 0 Å². The fraction of sp³-hybridized carbons (Fsp3) is 1.00. The molecule has 0 spiro atoms. The van der Waals surface area contributed by atoms with E-state index >= 15 is 0 Å². The first-order chi connectivity index (χ1) is 11.6. The van der Waals surface area contributed by atoms with E-state index in [4.69, 9.17) is 23.6 Å². The van der Waals surface area contributed by atoms with Gasteiger partial charge in [-0.25, -0.2) is 0 Å². The van der Waals surface area contributed by atoms with Gasteiger partial charge in [0, 0.05) is 4.91 Å². The molecule has 0 saturated carbocycles. The molecule has 11 heteroatoms. The van der Waals surface area contributed by atoms with Gasteiger partial charge in [-0.2, -0.15) is 8.42 Å². The molecular formula is C15H31N3O6SSi. The molecule has 0 aromatic rings. The summed E-state index contributed by atoms with van der Waals surface area (Å²) in [4.78, 5) is 2.74. The van der Waals surface area contributed by atoms with Gasteiger partial charge < -0.3 is 13.9 Å². The van der Waals surface area contributed by atoms with Crippen LogP contribution in [0.1, 0.15) is 34.6 Å². The van der Waals surface area contributed by atoms with E-state index in [0.29, 0.717) is 0 Å². The number of hydrogen-bond donors (Lipinski definition) is 0. The minimum absolute atomic E-state index is 0.00824. The molecular weight excluding hydrogens is 378 g/mol. The average molecular weight is 410 g/mol. The monoisotopic (exact) mass is 409 g/mol. The summed E-state index contributed by atoms with van der Waals surface area (Å²) in [5, 5.41) is 3.49. The summed E-state index contributed by atoms with van der Waals surface area (Å²) in [7, 11) is -5.88. The summed E-state index contributed by atoms with van der Waals surface area (Å²) in [6.45, 7) is 13.9. The van der Waals surface area contributed by atoms with Gasteiger partial charge in [0.25, 0.3) is 10.1 Å². The zero-order chi connectivity index (χ0) is 20.4. The number of hydrogen-bond acceptors (Lipinski definition) is 7. The first kappa shape index (κ1) is 23.4. The summed E-state index contributed by atoms with van der Waals surface area (Å²) < 4.78 is 46.5. The van der Waals surface area contributed by atoms with Gasteiger partial charge in [-0.1, -0.05) is 25.9 Å². The lowest BCUT2D eigenvalue weighted by Gasteiger charge is -2.38. The van der Waals surface area contributed by atoms with Crippen LogP contribution in [0.15, 0.2) is 5.11 Å². The SMILES string of the molecule is CC1(C)O[C@@H]([C@@H](CO[Si](C)(C)C(C)(C)C)OS(C)(=O)=O)[C@@H](CN=[N+]=[N-])O1. The molecule has 26 heavy (non-hydrogen) atoms. The van der Waals surface area contributed by atoms with Crippen LogP contribution in [0.25, 0.3) is 10.4 Å². The molecule has 0 radical (unpaired) electrons. The van der Waals surface area contributed by atoms with Crippen LogP contribution in [0.5, 0.6) is 0 Å². The fourth-order valence-electron chi connectivity index (χ4n) is 2.35. The summed E-state index contributed by atoms with van der Waals surface area (Å²) in [6.07, 6.45) is -1.29. The normalized spacial score (nSPS) is 24.9. The summed E-state index contributed by atoms with van der Waals surface area (Å²) >= 11 is 0. The zero-order valence-corrected chi connectivity index (χ0v) is 18.7. The molecule has 9 nitrogen and oxygen atoms in total. The highest BCUT2D eigenvalue weighted by molar-refractivity contribution is 7.86. The Bertz CT molecular complexity index is 640. The predicted octanol–water partition coefficient (Wildman–Crippen LogP) is 3.18. The van der Waals surface area contributed by atoms with E-state index in [-0.39, 0.29) is 18.2 Å². The Hall–Kier alpha value is -0.683. The summed E-state index contributed by atoms with van der Waals surface area (Å²) in [5.41, 5.74) is 8.58. The van der Waals surface area contributed by atoms with Gasteiger partial charge in [0.1, 0.15) is 12.2 Å². The zero-order valence-electron chi connectivity index (χ0n) is 16.8. The first-order valence-corrected chi connectivity index (χ1v) is 13.2. The Balaban J connectivity index is 3.06. The molecule has 3 atom stereocenters. The van der Waals surface area contributed by atoms with Crippen LogP contribution in [0.2, 0.25) is 18.1 Å². The average Bonchev–Trinajstić information content (AvgIpc) is 2.74. The third-order valence-electron chi connectivity index (χ3n) is 4.63. The van der Waals surface area contributed by atoms with Crippen LogP contribution in [0, 0.1) is 0 Å². The summed E-state index contributed by atoms with van der Waals surface area (Å²) in [5.74, 6) is -0.948. The lowest BCUT2D eigenvalue weighted by molar-refractivity contribution is -0.154. The minimum Gasteiger partial charge on any atom is -0.414 e. The quantitative estimate of drug-likeness (QED) is 0.200. The van der Waals surface area contributed by atoms with Gasteiger partial charge in [-0.15, -0.1) is 0 Å². The maximum atomic E-state index is 11.8. The molecule has 1 saturated heterocycles. The van der Waals surface area contributed by atoms with Crippen molar-refractivity contribution in [3.05, 3.63) is 10.4 Å². The minimum atomic E-state index is -3.75. The van der Waals surface area contributed by atoms with Crippen molar-refractivity contribution in [3.63, 3.8) is 0 Å².